The molecule has 3 rings (SSSR count). The number of aryl methyl sites for hydroxylation is 1. The van der Waals surface area contributed by atoms with Crippen LogP contribution in [0.15, 0.2) is 18.2 Å². The van der Waals surface area contributed by atoms with E-state index in [9.17, 15) is 4.79 Å². The van der Waals surface area contributed by atoms with E-state index in [0.717, 1.165) is 52.2 Å². The molecule has 20 heavy (non-hydrogen) atoms. The molecule has 2 heterocycles. The second kappa shape index (κ2) is 5.44. The molecule has 0 atom stereocenters. The zero-order valence-corrected chi connectivity index (χ0v) is 12.8. The number of carbonyl (C=O) groups is 1. The van der Waals surface area contributed by atoms with Gasteiger partial charge in [0, 0.05) is 17.8 Å². The average Bonchev–Trinajstić information content (AvgIpc) is 2.84. The van der Waals surface area contributed by atoms with Crippen molar-refractivity contribution in [2.75, 3.05) is 20.2 Å². The van der Waals surface area contributed by atoms with E-state index in [2.05, 4.69) is 0 Å². The Labute approximate surface area is 123 Å². The van der Waals surface area contributed by atoms with Crippen molar-refractivity contribution in [3.63, 3.8) is 0 Å². The first-order valence-corrected chi connectivity index (χ1v) is 7.89. The number of benzene rings is 1. The van der Waals surface area contributed by atoms with E-state index in [4.69, 9.17) is 4.74 Å². The third-order valence-corrected chi connectivity index (χ3v) is 5.23. The highest BCUT2D eigenvalue weighted by molar-refractivity contribution is 7.21. The van der Waals surface area contributed by atoms with Crippen LogP contribution in [0.4, 0.5) is 0 Å². The van der Waals surface area contributed by atoms with Gasteiger partial charge in [0.25, 0.3) is 5.91 Å². The number of methoxy groups -OCH3 is 1. The summed E-state index contributed by atoms with van der Waals surface area (Å²) in [6.07, 6.45) is 3.50. The zero-order valence-electron chi connectivity index (χ0n) is 11.9. The van der Waals surface area contributed by atoms with Gasteiger partial charge in [-0.05, 0) is 55.3 Å². The summed E-state index contributed by atoms with van der Waals surface area (Å²) in [7, 11) is 1.67. The van der Waals surface area contributed by atoms with E-state index in [-0.39, 0.29) is 5.91 Å². The summed E-state index contributed by atoms with van der Waals surface area (Å²) in [5, 5.41) is 1.16. The molecule has 0 unspecified atom stereocenters. The van der Waals surface area contributed by atoms with E-state index >= 15 is 0 Å². The second-order valence-corrected chi connectivity index (χ2v) is 6.32. The molecule has 0 N–H and O–H groups in total. The lowest BCUT2D eigenvalue weighted by Gasteiger charge is -2.26. The molecule has 106 valence electrons. The number of rotatable bonds is 2. The number of hydrogen-bond acceptors (Lipinski definition) is 3. The monoisotopic (exact) mass is 289 g/mol. The Kier molecular flexibility index (Phi) is 3.66. The highest BCUT2D eigenvalue weighted by Crippen LogP contribution is 2.34. The van der Waals surface area contributed by atoms with Crippen molar-refractivity contribution in [1.29, 1.82) is 0 Å². The molecule has 0 spiro atoms. The van der Waals surface area contributed by atoms with Crippen molar-refractivity contribution in [2.45, 2.75) is 26.2 Å². The van der Waals surface area contributed by atoms with Gasteiger partial charge < -0.3 is 9.64 Å². The predicted octanol–water partition coefficient (Wildman–Crippen LogP) is 3.84. The van der Waals surface area contributed by atoms with Crippen LogP contribution in [-0.2, 0) is 0 Å². The minimum Gasteiger partial charge on any atom is -0.497 e. The first kappa shape index (κ1) is 13.4. The molecule has 1 aromatic heterocycles. The number of amides is 1. The first-order valence-electron chi connectivity index (χ1n) is 7.07. The summed E-state index contributed by atoms with van der Waals surface area (Å²) in [6, 6.07) is 6.02. The summed E-state index contributed by atoms with van der Waals surface area (Å²) in [4.78, 5) is 15.5. The highest BCUT2D eigenvalue weighted by Gasteiger charge is 2.22. The Morgan fingerprint density at radius 1 is 1.25 bits per heavy atom. The molecule has 3 nitrogen and oxygen atoms in total. The fourth-order valence-electron chi connectivity index (χ4n) is 2.78. The molecule has 1 aliphatic rings. The van der Waals surface area contributed by atoms with E-state index in [1.165, 1.54) is 6.42 Å². The molecule has 1 amide bonds. The number of nitrogens with zero attached hydrogens (tertiary/aromatic N) is 1. The SMILES string of the molecule is COc1ccc2c(C)c(C(=O)N3CCCCC3)sc2c1. The van der Waals surface area contributed by atoms with Crippen LogP contribution in [0.5, 0.6) is 5.75 Å². The summed E-state index contributed by atoms with van der Waals surface area (Å²) < 4.78 is 6.39. The highest BCUT2D eigenvalue weighted by atomic mass is 32.1. The Morgan fingerprint density at radius 2 is 2.00 bits per heavy atom. The zero-order chi connectivity index (χ0) is 14.1. The Hall–Kier alpha value is -1.55. The lowest BCUT2D eigenvalue weighted by atomic mass is 10.1. The Bertz CT molecular complexity index is 641. The van der Waals surface area contributed by atoms with Crippen molar-refractivity contribution in [3.05, 3.63) is 28.6 Å². The molecule has 1 fully saturated rings. The molecule has 0 bridgehead atoms. The largest absolute Gasteiger partial charge is 0.497 e. The van der Waals surface area contributed by atoms with Crippen molar-refractivity contribution in [2.24, 2.45) is 0 Å². The van der Waals surface area contributed by atoms with Gasteiger partial charge in [-0.2, -0.15) is 0 Å². The van der Waals surface area contributed by atoms with E-state index in [1.807, 2.05) is 30.0 Å². The second-order valence-electron chi connectivity index (χ2n) is 5.27. The van der Waals surface area contributed by atoms with Gasteiger partial charge in [0.1, 0.15) is 5.75 Å². The summed E-state index contributed by atoms with van der Waals surface area (Å²) in [5.74, 6) is 1.04. The molecule has 2 aromatic rings. The number of piperidine rings is 1. The van der Waals surface area contributed by atoms with Crippen molar-refractivity contribution in [3.8, 4) is 5.75 Å². The smallest absolute Gasteiger partial charge is 0.264 e. The van der Waals surface area contributed by atoms with Crippen LogP contribution in [-0.4, -0.2) is 31.0 Å². The number of carbonyl (C=O) groups excluding carboxylic acids is 1. The van der Waals surface area contributed by atoms with Gasteiger partial charge >= 0.3 is 0 Å². The Balaban J connectivity index is 1.98. The fourth-order valence-corrected chi connectivity index (χ4v) is 3.98. The van der Waals surface area contributed by atoms with Gasteiger partial charge in [-0.15, -0.1) is 11.3 Å². The van der Waals surface area contributed by atoms with Gasteiger partial charge in [0.15, 0.2) is 0 Å². The van der Waals surface area contributed by atoms with E-state index in [0.29, 0.717) is 0 Å². The van der Waals surface area contributed by atoms with E-state index < -0.39 is 0 Å². The lowest BCUT2D eigenvalue weighted by molar-refractivity contribution is 0.0728. The van der Waals surface area contributed by atoms with Crippen LogP contribution in [0.3, 0.4) is 0 Å². The normalized spacial score (nSPS) is 15.6. The van der Waals surface area contributed by atoms with Crippen LogP contribution >= 0.6 is 11.3 Å². The number of ether oxygens (including phenoxy) is 1. The minimum absolute atomic E-state index is 0.197. The maximum atomic E-state index is 12.6. The standard InChI is InChI=1S/C16H19NO2S/c1-11-13-7-6-12(19-2)10-14(13)20-15(11)16(18)17-8-4-3-5-9-17/h6-7,10H,3-5,8-9H2,1-2H3. The van der Waals surface area contributed by atoms with E-state index in [1.54, 1.807) is 18.4 Å². The van der Waals surface area contributed by atoms with Gasteiger partial charge in [-0.1, -0.05) is 0 Å². The van der Waals surface area contributed by atoms with Crippen LogP contribution in [0.1, 0.15) is 34.5 Å². The quantitative estimate of drug-likeness (QED) is 0.840. The van der Waals surface area contributed by atoms with Crippen LogP contribution < -0.4 is 4.74 Å². The van der Waals surface area contributed by atoms with Crippen molar-refractivity contribution < 1.29 is 9.53 Å². The lowest BCUT2D eigenvalue weighted by Crippen LogP contribution is -2.35. The molecular weight excluding hydrogens is 270 g/mol. The van der Waals surface area contributed by atoms with Crippen molar-refractivity contribution in [1.82, 2.24) is 4.90 Å². The number of fused-ring (bicyclic) bond motifs is 1. The third kappa shape index (κ3) is 2.29. The van der Waals surface area contributed by atoms with Crippen LogP contribution in [0.25, 0.3) is 10.1 Å². The maximum absolute atomic E-state index is 12.6. The molecule has 0 radical (unpaired) electrons. The molecular formula is C16H19NO2S. The predicted molar refractivity (Wildman–Crippen MR) is 82.9 cm³/mol. The first-order chi connectivity index (χ1) is 9.70. The molecule has 1 saturated heterocycles. The summed E-state index contributed by atoms with van der Waals surface area (Å²) in [5.41, 5.74) is 1.10. The molecule has 1 aromatic carbocycles. The fraction of sp³-hybridized carbons (Fsp3) is 0.438. The number of hydrogen-bond donors (Lipinski definition) is 0. The Morgan fingerprint density at radius 3 is 2.70 bits per heavy atom. The number of likely N-dealkylation sites (tertiary alicyclic amines) is 1. The van der Waals surface area contributed by atoms with Gasteiger partial charge in [0.2, 0.25) is 0 Å². The molecule has 4 heteroatoms. The van der Waals surface area contributed by atoms with Crippen molar-refractivity contribution >= 4 is 27.3 Å². The van der Waals surface area contributed by atoms with Crippen LogP contribution in [0.2, 0.25) is 0 Å². The molecule has 0 saturated carbocycles. The average molecular weight is 289 g/mol. The van der Waals surface area contributed by atoms with Gasteiger partial charge in [0.05, 0.1) is 12.0 Å². The van der Waals surface area contributed by atoms with Crippen LogP contribution in [0, 0.1) is 6.92 Å². The summed E-state index contributed by atoms with van der Waals surface area (Å²) >= 11 is 1.58. The number of thiophene rings is 1. The minimum atomic E-state index is 0.197. The third-order valence-electron chi connectivity index (χ3n) is 3.98. The topological polar surface area (TPSA) is 29.5 Å². The molecule has 0 aliphatic carbocycles. The molecule has 1 aliphatic heterocycles. The van der Waals surface area contributed by atoms with Gasteiger partial charge in [-0.3, -0.25) is 4.79 Å². The maximum Gasteiger partial charge on any atom is 0.264 e. The summed E-state index contributed by atoms with van der Waals surface area (Å²) in [6.45, 7) is 3.84. The van der Waals surface area contributed by atoms with Gasteiger partial charge in [-0.25, -0.2) is 0 Å².